The molecule has 1 aromatic rings. The van der Waals surface area contributed by atoms with Gasteiger partial charge in [0.1, 0.15) is 5.49 Å². The molecule has 1 aromatic heterocycles. The molecule has 1 rings (SSSR count). The normalized spacial score (nSPS) is 11.6. The van der Waals surface area contributed by atoms with E-state index >= 15 is 0 Å². The summed E-state index contributed by atoms with van der Waals surface area (Å²) < 4.78 is 1.87. The minimum absolute atomic E-state index is 0.702. The van der Waals surface area contributed by atoms with Crippen LogP contribution in [0.5, 0.6) is 0 Å². The Kier molecular flexibility index (Phi) is 7.02. The van der Waals surface area contributed by atoms with Crippen LogP contribution in [0, 0.1) is 0 Å². The molecule has 0 bridgehead atoms. The molecule has 116 valence electrons. The zero-order valence-electron chi connectivity index (χ0n) is 13.4. The van der Waals surface area contributed by atoms with Crippen LogP contribution in [0.1, 0.15) is 22.4 Å². The number of rotatable bonds is 8. The first kappa shape index (κ1) is 17.9. The summed E-state index contributed by atoms with van der Waals surface area (Å²) in [5.74, 6) is 0. The molecule has 0 aromatic carbocycles. The average molecular weight is 302 g/mol. The minimum Gasteiger partial charge on any atom is -0.301 e. The molecule has 0 spiro atoms. The second kappa shape index (κ2) is 9.00. The van der Waals surface area contributed by atoms with Crippen molar-refractivity contribution in [1.29, 1.82) is 0 Å². The van der Waals surface area contributed by atoms with E-state index in [1.807, 2.05) is 28.9 Å². The highest BCUT2D eigenvalue weighted by atomic mass is 15.0. The summed E-state index contributed by atoms with van der Waals surface area (Å²) in [4.78, 5) is 4.40. The second-order valence-electron chi connectivity index (χ2n) is 4.41. The van der Waals surface area contributed by atoms with Gasteiger partial charge >= 0.3 is 0 Å². The van der Waals surface area contributed by atoms with Gasteiger partial charge in [-0.1, -0.05) is 82.0 Å². The highest BCUT2D eigenvalue weighted by Gasteiger charge is 2.13. The van der Waals surface area contributed by atoms with Gasteiger partial charge in [0.05, 0.1) is 5.69 Å². The predicted octanol–water partition coefficient (Wildman–Crippen LogP) is 5.32. The number of hydrogen-bond donors (Lipinski definition) is 0. The number of allylic oxidation sites excluding steroid dienone is 4. The summed E-state index contributed by atoms with van der Waals surface area (Å²) in [6.07, 6.45) is 17.8. The fraction of sp³-hybridized carbons (Fsp3) is 0. The van der Waals surface area contributed by atoms with Crippen LogP contribution in [0.2, 0.25) is 0 Å². The van der Waals surface area contributed by atoms with Crippen LogP contribution in [0.3, 0.4) is 0 Å². The molecule has 2 nitrogen and oxygen atoms in total. The molecular weight excluding hydrogens is 280 g/mol. The molecule has 0 atom stereocenters. The van der Waals surface area contributed by atoms with Crippen LogP contribution in [0.15, 0.2) is 75.0 Å². The molecule has 0 aliphatic carbocycles. The van der Waals surface area contributed by atoms with E-state index in [9.17, 15) is 0 Å². The average Bonchev–Trinajstić information content (AvgIpc) is 2.57. The molecule has 23 heavy (non-hydrogen) atoms. The fourth-order valence-electron chi connectivity index (χ4n) is 2.28. The Balaban J connectivity index is 4.18. The quantitative estimate of drug-likeness (QED) is 0.578. The predicted molar refractivity (Wildman–Crippen MR) is 105 cm³/mol. The monoisotopic (exact) mass is 302 g/mol. The number of aromatic nitrogens is 1. The van der Waals surface area contributed by atoms with Crippen molar-refractivity contribution in [2.75, 3.05) is 0 Å². The van der Waals surface area contributed by atoms with Crippen molar-refractivity contribution in [3.63, 3.8) is 0 Å². The summed E-state index contributed by atoms with van der Waals surface area (Å²) in [7, 11) is 0. The van der Waals surface area contributed by atoms with Gasteiger partial charge in [-0.2, -0.15) is 0 Å². The Morgan fingerprint density at radius 2 is 1.35 bits per heavy atom. The lowest BCUT2D eigenvalue weighted by molar-refractivity contribution is 0.981. The Labute approximate surface area is 138 Å². The van der Waals surface area contributed by atoms with Gasteiger partial charge in [0.15, 0.2) is 0 Å². The zero-order chi connectivity index (χ0) is 17.2. The first-order valence-electron chi connectivity index (χ1n) is 7.12. The summed E-state index contributed by atoms with van der Waals surface area (Å²) in [6.45, 7) is 22.9. The zero-order valence-corrected chi connectivity index (χ0v) is 13.4. The van der Waals surface area contributed by atoms with E-state index in [1.165, 1.54) is 6.20 Å². The van der Waals surface area contributed by atoms with Crippen molar-refractivity contribution < 1.29 is 0 Å². The molecule has 0 unspecified atom stereocenters. The van der Waals surface area contributed by atoms with Gasteiger partial charge < -0.3 is 4.57 Å². The molecule has 2 heteroatoms. The molecule has 0 aliphatic heterocycles. The third kappa shape index (κ3) is 3.74. The van der Waals surface area contributed by atoms with Gasteiger partial charge in [-0.05, 0) is 11.6 Å². The highest BCUT2D eigenvalue weighted by Crippen LogP contribution is 2.22. The van der Waals surface area contributed by atoms with Crippen LogP contribution < -0.4 is 5.49 Å². The lowest BCUT2D eigenvalue weighted by atomic mass is 9.98. The first-order valence-corrected chi connectivity index (χ1v) is 7.12. The topological polar surface area (TPSA) is 17.3 Å². The van der Waals surface area contributed by atoms with Crippen molar-refractivity contribution in [2.24, 2.45) is 4.99 Å². The van der Waals surface area contributed by atoms with Gasteiger partial charge in [0.2, 0.25) is 0 Å². The van der Waals surface area contributed by atoms with E-state index < -0.39 is 0 Å². The summed E-state index contributed by atoms with van der Waals surface area (Å²) >= 11 is 0. The van der Waals surface area contributed by atoms with Crippen molar-refractivity contribution in [3.8, 4) is 0 Å². The second-order valence-corrected chi connectivity index (χ2v) is 4.41. The van der Waals surface area contributed by atoms with Gasteiger partial charge in [0, 0.05) is 23.5 Å². The van der Waals surface area contributed by atoms with Crippen molar-refractivity contribution in [2.45, 2.75) is 0 Å². The van der Waals surface area contributed by atoms with Gasteiger partial charge in [-0.15, -0.1) is 0 Å². The summed E-state index contributed by atoms with van der Waals surface area (Å²) in [5.41, 5.74) is 4.36. The lowest BCUT2D eigenvalue weighted by Gasteiger charge is -2.17. The van der Waals surface area contributed by atoms with Crippen molar-refractivity contribution in [3.05, 3.63) is 97.8 Å². The molecule has 0 amide bonds. The third-order valence-electron chi connectivity index (χ3n) is 3.18. The molecule has 0 saturated heterocycles. The molecule has 0 radical (unpaired) electrons. The van der Waals surface area contributed by atoms with Crippen LogP contribution >= 0.6 is 0 Å². The van der Waals surface area contributed by atoms with Gasteiger partial charge in [0.25, 0.3) is 0 Å². The SMILES string of the molecule is C=C/C=C\c1c(C=C)c(/C=C\C=C)/c(=N/C=C)n(C=C)c1C=C. The maximum absolute atomic E-state index is 4.40. The van der Waals surface area contributed by atoms with E-state index in [2.05, 4.69) is 44.5 Å². The largest absolute Gasteiger partial charge is 0.301 e. The summed E-state index contributed by atoms with van der Waals surface area (Å²) in [6, 6.07) is 0. The van der Waals surface area contributed by atoms with E-state index in [0.717, 1.165) is 22.4 Å². The van der Waals surface area contributed by atoms with Gasteiger partial charge in [-0.3, -0.25) is 0 Å². The number of pyridine rings is 1. The Bertz CT molecular complexity index is 781. The molecule has 0 N–H and O–H groups in total. The standard InChI is InChI=1S/C21H22N2/c1-7-13-15-18-17(9-3)19(16-14-8-2)21(22-11-5)23(12-6)20(18)10-4/h7-16H,1-6H2/b15-13-,16-14-,22-21-. The fourth-order valence-corrected chi connectivity index (χ4v) is 2.28. The van der Waals surface area contributed by atoms with E-state index in [-0.39, 0.29) is 0 Å². The van der Waals surface area contributed by atoms with E-state index in [1.54, 1.807) is 30.5 Å². The van der Waals surface area contributed by atoms with Crippen LogP contribution in [0.25, 0.3) is 30.5 Å². The Hall–Kier alpha value is -3.13. The summed E-state index contributed by atoms with van der Waals surface area (Å²) in [5, 5.41) is 0. The van der Waals surface area contributed by atoms with Crippen LogP contribution in [-0.2, 0) is 0 Å². The van der Waals surface area contributed by atoms with E-state index in [4.69, 9.17) is 0 Å². The van der Waals surface area contributed by atoms with E-state index in [0.29, 0.717) is 5.49 Å². The molecule has 1 heterocycles. The van der Waals surface area contributed by atoms with Gasteiger partial charge in [-0.25, -0.2) is 4.99 Å². The Morgan fingerprint density at radius 1 is 0.739 bits per heavy atom. The minimum atomic E-state index is 0.702. The first-order chi connectivity index (χ1) is 11.2. The third-order valence-corrected chi connectivity index (χ3v) is 3.18. The number of hydrogen-bond acceptors (Lipinski definition) is 1. The van der Waals surface area contributed by atoms with Crippen molar-refractivity contribution >= 4 is 30.5 Å². The molecule has 0 aliphatic rings. The van der Waals surface area contributed by atoms with Crippen molar-refractivity contribution in [1.82, 2.24) is 4.57 Å². The van der Waals surface area contributed by atoms with Crippen LogP contribution in [0.4, 0.5) is 0 Å². The molecular formula is C21H22N2. The van der Waals surface area contributed by atoms with Crippen LogP contribution in [-0.4, -0.2) is 4.57 Å². The Morgan fingerprint density at radius 3 is 1.78 bits per heavy atom. The molecule has 0 saturated carbocycles. The number of nitrogens with zero attached hydrogens (tertiary/aromatic N) is 2. The smallest absolute Gasteiger partial charge is 0.144 e. The lowest BCUT2D eigenvalue weighted by Crippen LogP contribution is -2.24. The maximum Gasteiger partial charge on any atom is 0.144 e. The highest BCUT2D eigenvalue weighted by molar-refractivity contribution is 5.78. The maximum atomic E-state index is 4.40. The molecule has 0 fully saturated rings.